The number of hydrogen-bond donors (Lipinski definition) is 2. The predicted molar refractivity (Wildman–Crippen MR) is 73.7 cm³/mol. The summed E-state index contributed by atoms with van der Waals surface area (Å²) in [5.41, 5.74) is 7.17. The molecule has 0 atom stereocenters. The van der Waals surface area contributed by atoms with Crippen molar-refractivity contribution in [3.8, 4) is 11.1 Å². The molecule has 0 amide bonds. The standard InChI is InChI=1S/C12H12ClN3O2S/c13-10-5-7(9-6-15-16-12(9)14)1-4-11(10)19(17,18)8-2-3-8/h1,4-6,8H,2-3H2,(H3,14,15,16). The molecule has 0 spiro atoms. The van der Waals surface area contributed by atoms with Crippen LogP contribution in [0.4, 0.5) is 5.82 Å². The van der Waals surface area contributed by atoms with E-state index in [0.29, 0.717) is 11.4 Å². The SMILES string of the molecule is Nc1[nH]ncc1-c1ccc(S(=O)(=O)C2CC2)c(Cl)c1. The Kier molecular flexibility index (Phi) is 2.79. The average molecular weight is 298 g/mol. The van der Waals surface area contributed by atoms with Crippen molar-refractivity contribution in [2.45, 2.75) is 23.0 Å². The number of aromatic nitrogens is 2. The van der Waals surface area contributed by atoms with Gasteiger partial charge in [0.05, 0.1) is 21.4 Å². The van der Waals surface area contributed by atoms with E-state index >= 15 is 0 Å². The van der Waals surface area contributed by atoms with Crippen molar-refractivity contribution in [3.63, 3.8) is 0 Å². The number of nitrogen functional groups attached to an aromatic ring is 1. The van der Waals surface area contributed by atoms with Gasteiger partial charge in [-0.3, -0.25) is 5.10 Å². The van der Waals surface area contributed by atoms with Crippen LogP contribution in [0.3, 0.4) is 0 Å². The number of benzene rings is 1. The second-order valence-corrected chi connectivity index (χ2v) is 7.19. The molecule has 100 valence electrons. The number of halogens is 1. The van der Waals surface area contributed by atoms with Crippen LogP contribution < -0.4 is 5.73 Å². The van der Waals surface area contributed by atoms with Crippen LogP contribution in [0, 0.1) is 0 Å². The van der Waals surface area contributed by atoms with Gasteiger partial charge in [-0.05, 0) is 30.5 Å². The molecule has 1 aromatic heterocycles. The van der Waals surface area contributed by atoms with E-state index in [1.54, 1.807) is 18.3 Å². The van der Waals surface area contributed by atoms with E-state index in [1.807, 2.05) is 0 Å². The Bertz CT molecular complexity index is 735. The van der Waals surface area contributed by atoms with Gasteiger partial charge in [0.1, 0.15) is 5.82 Å². The molecule has 1 heterocycles. The highest BCUT2D eigenvalue weighted by Gasteiger charge is 2.38. The van der Waals surface area contributed by atoms with Gasteiger partial charge in [-0.25, -0.2) is 8.42 Å². The third-order valence-electron chi connectivity index (χ3n) is 3.18. The van der Waals surface area contributed by atoms with Crippen molar-refractivity contribution in [1.29, 1.82) is 0 Å². The number of aromatic amines is 1. The van der Waals surface area contributed by atoms with Crippen LogP contribution in [0.25, 0.3) is 11.1 Å². The summed E-state index contributed by atoms with van der Waals surface area (Å²) >= 11 is 6.10. The van der Waals surface area contributed by atoms with Gasteiger partial charge >= 0.3 is 0 Å². The Morgan fingerprint density at radius 1 is 1.37 bits per heavy atom. The lowest BCUT2D eigenvalue weighted by Gasteiger charge is -2.07. The minimum Gasteiger partial charge on any atom is -0.384 e. The summed E-state index contributed by atoms with van der Waals surface area (Å²) in [4.78, 5) is 0.197. The molecule has 3 N–H and O–H groups in total. The fourth-order valence-electron chi connectivity index (χ4n) is 1.98. The lowest BCUT2D eigenvalue weighted by atomic mass is 10.1. The summed E-state index contributed by atoms with van der Waals surface area (Å²) in [6.07, 6.45) is 3.01. The molecule has 2 aromatic rings. The lowest BCUT2D eigenvalue weighted by molar-refractivity contribution is 0.595. The Morgan fingerprint density at radius 2 is 2.11 bits per heavy atom. The topological polar surface area (TPSA) is 88.8 Å². The maximum absolute atomic E-state index is 12.2. The summed E-state index contributed by atoms with van der Waals surface area (Å²) in [6.45, 7) is 0. The van der Waals surface area contributed by atoms with Crippen LogP contribution in [0.5, 0.6) is 0 Å². The second kappa shape index (κ2) is 4.25. The van der Waals surface area contributed by atoms with Crippen LogP contribution >= 0.6 is 11.6 Å². The van der Waals surface area contributed by atoms with Crippen molar-refractivity contribution in [1.82, 2.24) is 10.2 Å². The lowest BCUT2D eigenvalue weighted by Crippen LogP contribution is -2.07. The highest BCUT2D eigenvalue weighted by atomic mass is 35.5. The zero-order chi connectivity index (χ0) is 13.6. The summed E-state index contributed by atoms with van der Waals surface area (Å²) in [6, 6.07) is 4.85. The first-order valence-corrected chi connectivity index (χ1v) is 7.75. The number of anilines is 1. The minimum atomic E-state index is -3.28. The zero-order valence-corrected chi connectivity index (χ0v) is 11.5. The first-order valence-electron chi connectivity index (χ1n) is 5.83. The second-order valence-electron chi connectivity index (χ2n) is 4.59. The number of sulfone groups is 1. The molecule has 1 aromatic carbocycles. The predicted octanol–water partition coefficient (Wildman–Crippen LogP) is 2.25. The molecule has 0 bridgehead atoms. The number of rotatable bonds is 3. The number of nitrogens with two attached hydrogens (primary N) is 1. The molecular weight excluding hydrogens is 286 g/mol. The molecule has 1 saturated carbocycles. The third kappa shape index (κ3) is 2.11. The minimum absolute atomic E-state index is 0.197. The fourth-order valence-corrected chi connectivity index (χ4v) is 4.19. The number of nitrogens with zero attached hydrogens (tertiary/aromatic N) is 1. The van der Waals surface area contributed by atoms with Crippen LogP contribution in [-0.4, -0.2) is 23.9 Å². The van der Waals surface area contributed by atoms with Crippen LogP contribution in [0.2, 0.25) is 5.02 Å². The Morgan fingerprint density at radius 3 is 2.63 bits per heavy atom. The van der Waals surface area contributed by atoms with Gasteiger partial charge in [0.2, 0.25) is 0 Å². The van der Waals surface area contributed by atoms with Gasteiger partial charge in [-0.15, -0.1) is 0 Å². The molecule has 19 heavy (non-hydrogen) atoms. The Labute approximate surface area is 115 Å². The molecule has 1 aliphatic rings. The molecular formula is C12H12ClN3O2S. The van der Waals surface area contributed by atoms with Crippen LogP contribution in [0.15, 0.2) is 29.3 Å². The molecule has 0 aliphatic heterocycles. The molecule has 1 aliphatic carbocycles. The molecule has 0 radical (unpaired) electrons. The molecule has 7 heteroatoms. The molecule has 0 unspecified atom stereocenters. The maximum atomic E-state index is 12.2. The average Bonchev–Trinajstić information content (AvgIpc) is 3.13. The highest BCUT2D eigenvalue weighted by molar-refractivity contribution is 7.92. The van der Waals surface area contributed by atoms with Gasteiger partial charge < -0.3 is 5.73 Å². The molecule has 5 nitrogen and oxygen atoms in total. The summed E-state index contributed by atoms with van der Waals surface area (Å²) in [7, 11) is -3.28. The third-order valence-corrected chi connectivity index (χ3v) is 5.92. The van der Waals surface area contributed by atoms with Gasteiger partial charge in [0, 0.05) is 5.56 Å². The highest BCUT2D eigenvalue weighted by Crippen LogP contribution is 2.38. The first-order chi connectivity index (χ1) is 9.00. The van der Waals surface area contributed by atoms with E-state index in [4.69, 9.17) is 17.3 Å². The normalized spacial score (nSPS) is 15.6. The van der Waals surface area contributed by atoms with Crippen LogP contribution in [-0.2, 0) is 9.84 Å². The number of nitrogens with one attached hydrogen (secondary N) is 1. The number of hydrogen-bond acceptors (Lipinski definition) is 4. The monoisotopic (exact) mass is 297 g/mol. The molecule has 3 rings (SSSR count). The smallest absolute Gasteiger partial charge is 0.182 e. The van der Waals surface area contributed by atoms with Gasteiger partial charge in [0.15, 0.2) is 9.84 Å². The summed E-state index contributed by atoms with van der Waals surface area (Å²) in [5, 5.41) is 6.41. The van der Waals surface area contributed by atoms with E-state index in [0.717, 1.165) is 18.4 Å². The summed E-state index contributed by atoms with van der Waals surface area (Å²) < 4.78 is 24.3. The molecule has 1 fully saturated rings. The largest absolute Gasteiger partial charge is 0.384 e. The fraction of sp³-hybridized carbons (Fsp3) is 0.250. The van der Waals surface area contributed by atoms with E-state index in [-0.39, 0.29) is 15.2 Å². The van der Waals surface area contributed by atoms with E-state index in [1.165, 1.54) is 6.07 Å². The Hall–Kier alpha value is -1.53. The van der Waals surface area contributed by atoms with Crippen molar-refractivity contribution in [2.75, 3.05) is 5.73 Å². The van der Waals surface area contributed by atoms with Crippen LogP contribution in [0.1, 0.15) is 12.8 Å². The first kappa shape index (κ1) is 12.5. The molecule has 0 saturated heterocycles. The maximum Gasteiger partial charge on any atom is 0.182 e. The van der Waals surface area contributed by atoms with E-state index < -0.39 is 9.84 Å². The zero-order valence-electron chi connectivity index (χ0n) is 9.93. The number of H-pyrrole nitrogens is 1. The van der Waals surface area contributed by atoms with Gasteiger partial charge in [0.25, 0.3) is 0 Å². The summed E-state index contributed by atoms with van der Waals surface area (Å²) in [5.74, 6) is 0.425. The van der Waals surface area contributed by atoms with Gasteiger partial charge in [-0.2, -0.15) is 5.10 Å². The van der Waals surface area contributed by atoms with Crippen molar-refractivity contribution >= 4 is 27.3 Å². The van der Waals surface area contributed by atoms with Crippen molar-refractivity contribution in [3.05, 3.63) is 29.4 Å². The van der Waals surface area contributed by atoms with Crippen molar-refractivity contribution < 1.29 is 8.42 Å². The quantitative estimate of drug-likeness (QED) is 0.909. The van der Waals surface area contributed by atoms with E-state index in [9.17, 15) is 8.42 Å². The van der Waals surface area contributed by atoms with E-state index in [2.05, 4.69) is 10.2 Å². The Balaban J connectivity index is 2.06. The van der Waals surface area contributed by atoms with Gasteiger partial charge in [-0.1, -0.05) is 17.7 Å². The van der Waals surface area contributed by atoms with Crippen molar-refractivity contribution in [2.24, 2.45) is 0 Å².